The van der Waals surface area contributed by atoms with Crippen molar-refractivity contribution in [2.45, 2.75) is 31.8 Å². The van der Waals surface area contributed by atoms with Gasteiger partial charge >= 0.3 is 0 Å². The highest BCUT2D eigenvalue weighted by Crippen LogP contribution is 2.35. The first-order valence-electron chi connectivity index (χ1n) is 7.07. The Kier molecular flexibility index (Phi) is 3.52. The van der Waals surface area contributed by atoms with Crippen LogP contribution in [0.4, 0.5) is 0 Å². The van der Waals surface area contributed by atoms with E-state index < -0.39 is 0 Å². The first-order valence-corrected chi connectivity index (χ1v) is 7.07. The molecule has 1 aromatic rings. The van der Waals surface area contributed by atoms with Gasteiger partial charge in [0.1, 0.15) is 12.4 Å². The van der Waals surface area contributed by atoms with Gasteiger partial charge in [-0.3, -0.25) is 4.90 Å². The van der Waals surface area contributed by atoms with E-state index in [0.717, 1.165) is 25.4 Å². The number of benzene rings is 1. The Labute approximate surface area is 109 Å². The van der Waals surface area contributed by atoms with Crippen LogP contribution in [0.15, 0.2) is 24.3 Å². The van der Waals surface area contributed by atoms with Crippen LogP contribution in [0.25, 0.3) is 0 Å². The lowest BCUT2D eigenvalue weighted by molar-refractivity contribution is 0.171. The van der Waals surface area contributed by atoms with Crippen LogP contribution in [0.3, 0.4) is 0 Å². The van der Waals surface area contributed by atoms with E-state index in [1.165, 1.54) is 24.9 Å². The summed E-state index contributed by atoms with van der Waals surface area (Å²) in [5.41, 5.74) is 1.37. The molecule has 0 amide bonds. The molecular weight excluding hydrogens is 224 g/mol. The third-order valence-electron chi connectivity index (χ3n) is 4.21. The van der Waals surface area contributed by atoms with Crippen LogP contribution in [0, 0.1) is 0 Å². The minimum atomic E-state index is 0.457. The van der Waals surface area contributed by atoms with E-state index >= 15 is 0 Å². The number of nitrogens with zero attached hydrogens (tertiary/aromatic N) is 1. The molecular formula is C15H22N2O. The van der Waals surface area contributed by atoms with Gasteiger partial charge in [0.25, 0.3) is 0 Å². The number of hydrogen-bond acceptors (Lipinski definition) is 3. The second kappa shape index (κ2) is 5.29. The number of rotatable bonds is 2. The number of hydrogen-bond donors (Lipinski definition) is 1. The number of nitrogens with one attached hydrogen (secondary N) is 1. The largest absolute Gasteiger partial charge is 0.491 e. The Balaban J connectivity index is 1.72. The smallest absolute Gasteiger partial charge is 0.124 e. The van der Waals surface area contributed by atoms with Crippen LogP contribution < -0.4 is 10.1 Å². The summed E-state index contributed by atoms with van der Waals surface area (Å²) in [4.78, 5) is 2.58. The topological polar surface area (TPSA) is 24.5 Å². The van der Waals surface area contributed by atoms with Crippen LogP contribution in [-0.2, 0) is 0 Å². The van der Waals surface area contributed by atoms with Crippen LogP contribution in [0.1, 0.15) is 31.4 Å². The molecule has 0 aliphatic carbocycles. The van der Waals surface area contributed by atoms with Crippen LogP contribution in [0.2, 0.25) is 0 Å². The lowest BCUT2D eigenvalue weighted by atomic mass is 10.1. The van der Waals surface area contributed by atoms with E-state index in [2.05, 4.69) is 41.4 Å². The molecule has 3 nitrogen and oxygen atoms in total. The maximum Gasteiger partial charge on any atom is 0.124 e. The summed E-state index contributed by atoms with van der Waals surface area (Å²) in [6.07, 6.45) is 2.47. The number of fused-ring (bicyclic) bond motifs is 1. The summed E-state index contributed by atoms with van der Waals surface area (Å²) < 4.78 is 5.80. The van der Waals surface area contributed by atoms with Gasteiger partial charge in [-0.2, -0.15) is 0 Å². The summed E-state index contributed by atoms with van der Waals surface area (Å²) in [6.45, 7) is 6.47. The highest BCUT2D eigenvalue weighted by atomic mass is 16.5. The predicted octanol–water partition coefficient (Wildman–Crippen LogP) is 2.19. The average molecular weight is 246 g/mol. The van der Waals surface area contributed by atoms with E-state index in [9.17, 15) is 0 Å². The van der Waals surface area contributed by atoms with Crippen molar-refractivity contribution in [3.05, 3.63) is 29.8 Å². The fraction of sp³-hybridized carbons (Fsp3) is 0.600. The molecule has 98 valence electrons. The molecule has 2 aliphatic heterocycles. The molecule has 1 saturated heterocycles. The highest BCUT2D eigenvalue weighted by Gasteiger charge is 2.30. The maximum atomic E-state index is 5.80. The van der Waals surface area contributed by atoms with Crippen molar-refractivity contribution in [3.8, 4) is 5.75 Å². The molecule has 3 heteroatoms. The van der Waals surface area contributed by atoms with Gasteiger partial charge in [0.15, 0.2) is 0 Å². The van der Waals surface area contributed by atoms with Gasteiger partial charge in [-0.1, -0.05) is 25.1 Å². The third-order valence-corrected chi connectivity index (χ3v) is 4.21. The standard InChI is InChI=1S/C15H22N2O/c1-2-12-7-9-17(10-8-16-12)14-11-18-15-6-4-3-5-13(14)15/h3-6,12,14,16H,2,7-11H2,1H3. The lowest BCUT2D eigenvalue weighted by Gasteiger charge is -2.26. The fourth-order valence-corrected chi connectivity index (χ4v) is 3.06. The zero-order chi connectivity index (χ0) is 12.4. The predicted molar refractivity (Wildman–Crippen MR) is 72.9 cm³/mol. The van der Waals surface area contributed by atoms with Crippen LogP contribution >= 0.6 is 0 Å². The zero-order valence-corrected chi connectivity index (χ0v) is 11.1. The summed E-state index contributed by atoms with van der Waals surface area (Å²) in [7, 11) is 0. The van der Waals surface area contributed by atoms with Gasteiger partial charge in [-0.25, -0.2) is 0 Å². The molecule has 2 aliphatic rings. The zero-order valence-electron chi connectivity index (χ0n) is 11.1. The van der Waals surface area contributed by atoms with Crippen molar-refractivity contribution in [2.24, 2.45) is 0 Å². The van der Waals surface area contributed by atoms with Gasteiger partial charge in [0, 0.05) is 31.2 Å². The van der Waals surface area contributed by atoms with E-state index in [-0.39, 0.29) is 0 Å². The molecule has 3 rings (SSSR count). The van der Waals surface area contributed by atoms with E-state index in [0.29, 0.717) is 12.1 Å². The number of ether oxygens (including phenoxy) is 1. The van der Waals surface area contributed by atoms with Crippen molar-refractivity contribution >= 4 is 0 Å². The molecule has 0 radical (unpaired) electrons. The summed E-state index contributed by atoms with van der Waals surface area (Å²) in [5.74, 6) is 1.08. The minimum absolute atomic E-state index is 0.457. The quantitative estimate of drug-likeness (QED) is 0.865. The molecule has 1 aromatic carbocycles. The molecule has 0 bridgehead atoms. The second-order valence-electron chi connectivity index (χ2n) is 5.25. The summed E-state index contributed by atoms with van der Waals surface area (Å²) >= 11 is 0. The molecule has 2 atom stereocenters. The van der Waals surface area contributed by atoms with Gasteiger partial charge < -0.3 is 10.1 Å². The molecule has 2 unspecified atom stereocenters. The molecule has 2 heterocycles. The lowest BCUT2D eigenvalue weighted by Crippen LogP contribution is -2.33. The van der Waals surface area contributed by atoms with Gasteiger partial charge in [0.2, 0.25) is 0 Å². The van der Waals surface area contributed by atoms with Crippen molar-refractivity contribution in [3.63, 3.8) is 0 Å². The average Bonchev–Trinajstić information content (AvgIpc) is 2.69. The van der Waals surface area contributed by atoms with Crippen LogP contribution in [-0.4, -0.2) is 37.2 Å². The van der Waals surface area contributed by atoms with Crippen molar-refractivity contribution in [1.82, 2.24) is 10.2 Å². The summed E-state index contributed by atoms with van der Waals surface area (Å²) in [6, 6.07) is 9.61. The summed E-state index contributed by atoms with van der Waals surface area (Å²) in [5, 5.41) is 3.63. The first-order chi connectivity index (χ1) is 8.88. The van der Waals surface area contributed by atoms with E-state index in [1.54, 1.807) is 0 Å². The first kappa shape index (κ1) is 12.0. The van der Waals surface area contributed by atoms with E-state index in [4.69, 9.17) is 4.74 Å². The second-order valence-corrected chi connectivity index (χ2v) is 5.25. The molecule has 1 fully saturated rings. The van der Waals surface area contributed by atoms with Crippen molar-refractivity contribution in [1.29, 1.82) is 0 Å². The van der Waals surface area contributed by atoms with Gasteiger partial charge in [-0.05, 0) is 18.9 Å². The van der Waals surface area contributed by atoms with Gasteiger partial charge in [0.05, 0.1) is 6.04 Å². The molecule has 0 saturated carbocycles. The number of para-hydroxylation sites is 1. The highest BCUT2D eigenvalue weighted by molar-refractivity contribution is 5.39. The maximum absolute atomic E-state index is 5.80. The monoisotopic (exact) mass is 246 g/mol. The Morgan fingerprint density at radius 1 is 1.33 bits per heavy atom. The van der Waals surface area contributed by atoms with Crippen LogP contribution in [0.5, 0.6) is 5.75 Å². The fourth-order valence-electron chi connectivity index (χ4n) is 3.06. The molecule has 0 spiro atoms. The SMILES string of the molecule is CCC1CCN(C2COc3ccccc32)CCN1. The van der Waals surface area contributed by atoms with Crippen molar-refractivity contribution < 1.29 is 4.74 Å². The Morgan fingerprint density at radius 2 is 2.22 bits per heavy atom. The molecule has 1 N–H and O–H groups in total. The Hall–Kier alpha value is -1.06. The molecule has 18 heavy (non-hydrogen) atoms. The Bertz CT molecular complexity index is 407. The third kappa shape index (κ3) is 2.25. The minimum Gasteiger partial charge on any atom is -0.491 e. The van der Waals surface area contributed by atoms with E-state index in [1.807, 2.05) is 0 Å². The van der Waals surface area contributed by atoms with Crippen molar-refractivity contribution in [2.75, 3.05) is 26.2 Å². The normalized spacial score (nSPS) is 28.5. The Morgan fingerprint density at radius 3 is 3.11 bits per heavy atom. The molecule has 0 aromatic heterocycles. The van der Waals surface area contributed by atoms with Gasteiger partial charge in [-0.15, -0.1) is 0 Å².